The molecular formula is C38H52N2O4. The van der Waals surface area contributed by atoms with Crippen LogP contribution in [0.1, 0.15) is 104 Å². The fourth-order valence-electron chi connectivity index (χ4n) is 10.4. The van der Waals surface area contributed by atoms with Crippen molar-refractivity contribution in [3.63, 3.8) is 0 Å². The number of benzene rings is 1. The van der Waals surface area contributed by atoms with Gasteiger partial charge in [0.05, 0.1) is 11.3 Å². The highest BCUT2D eigenvalue weighted by Crippen LogP contribution is 2.67. The van der Waals surface area contributed by atoms with Crippen LogP contribution >= 0.6 is 0 Å². The molecule has 0 aromatic heterocycles. The van der Waals surface area contributed by atoms with Gasteiger partial charge in [0.15, 0.2) is 6.61 Å². The van der Waals surface area contributed by atoms with Crippen molar-refractivity contribution < 1.29 is 19.5 Å². The number of oxime groups is 1. The maximum Gasteiger partial charge on any atom is 0.260 e. The minimum Gasteiger partial charge on any atom is -0.385 e. The normalized spacial score (nSPS) is 40.1. The van der Waals surface area contributed by atoms with E-state index in [1.54, 1.807) is 0 Å². The number of allylic oxidation sites excluding steroid dienone is 2. The van der Waals surface area contributed by atoms with Gasteiger partial charge in [-0.1, -0.05) is 60.8 Å². The number of carbonyl (C=O) groups excluding carboxylic acids is 1. The fraction of sp³-hybridized carbons (Fsp3) is 0.684. The third kappa shape index (κ3) is 5.43. The van der Waals surface area contributed by atoms with Crippen molar-refractivity contribution in [1.29, 1.82) is 0 Å². The lowest BCUT2D eigenvalue weighted by molar-refractivity contribution is -0.125. The van der Waals surface area contributed by atoms with Gasteiger partial charge >= 0.3 is 0 Å². The average molecular weight is 601 g/mol. The van der Waals surface area contributed by atoms with Gasteiger partial charge in [0.25, 0.3) is 5.91 Å². The molecule has 1 aromatic carbocycles. The summed E-state index contributed by atoms with van der Waals surface area (Å²) in [7, 11) is 0. The quantitative estimate of drug-likeness (QED) is 0.269. The third-order valence-electron chi connectivity index (χ3n) is 12.9. The molecule has 0 unspecified atom stereocenters. The van der Waals surface area contributed by atoms with Crippen LogP contribution in [0, 0.1) is 40.9 Å². The molecule has 1 aromatic rings. The summed E-state index contributed by atoms with van der Waals surface area (Å²) in [5, 5.41) is 18.8. The van der Waals surface area contributed by atoms with Gasteiger partial charge in [-0.3, -0.25) is 4.79 Å². The van der Waals surface area contributed by atoms with Crippen molar-refractivity contribution in [2.75, 3.05) is 19.8 Å². The number of nitrogens with zero attached hydrogens (tertiary/aromatic N) is 1. The zero-order chi connectivity index (χ0) is 31.2. The van der Waals surface area contributed by atoms with E-state index in [2.05, 4.69) is 80.5 Å². The van der Waals surface area contributed by atoms with Crippen molar-refractivity contribution in [2.45, 2.75) is 115 Å². The van der Waals surface area contributed by atoms with Gasteiger partial charge in [0.1, 0.15) is 5.60 Å². The number of hydrogen-bond acceptors (Lipinski definition) is 5. The van der Waals surface area contributed by atoms with Crippen LogP contribution in [0.5, 0.6) is 0 Å². The number of nitrogens with one attached hydrogen (secondary N) is 1. The van der Waals surface area contributed by atoms with Gasteiger partial charge in [-0.25, -0.2) is 0 Å². The van der Waals surface area contributed by atoms with Crippen molar-refractivity contribution in [1.82, 2.24) is 5.32 Å². The zero-order valence-corrected chi connectivity index (χ0v) is 27.3. The molecule has 1 heterocycles. The lowest BCUT2D eigenvalue weighted by Crippen LogP contribution is -2.54. The van der Waals surface area contributed by atoms with Gasteiger partial charge in [-0.2, -0.15) is 0 Å². The second kappa shape index (κ2) is 11.6. The van der Waals surface area contributed by atoms with Gasteiger partial charge in [-0.15, -0.1) is 6.42 Å². The number of terminal acetylenes is 1. The molecule has 5 aliphatic rings. The third-order valence-corrected chi connectivity index (χ3v) is 12.9. The molecule has 6 nitrogen and oxygen atoms in total. The van der Waals surface area contributed by atoms with Crippen molar-refractivity contribution >= 4 is 11.6 Å². The molecule has 2 N–H and O–H groups in total. The molecule has 6 rings (SSSR count). The molecule has 0 spiro atoms. The SMILES string of the molecule is C#C[C@]1(O)CC[C@@H]2[C@@H]3CCC4=CC(=NOCC(=O)NCC[C@]5(c6ccccc6)CCOC(C)(C)C5)CC[C@]4(C)[C@H]3CC[C@]21C. The second-order valence-corrected chi connectivity index (χ2v) is 15.6. The summed E-state index contributed by atoms with van der Waals surface area (Å²) >= 11 is 0. The summed E-state index contributed by atoms with van der Waals surface area (Å²) in [6.45, 7) is 10.3. The van der Waals surface area contributed by atoms with E-state index in [1.165, 1.54) is 11.1 Å². The molecule has 1 saturated heterocycles. The van der Waals surface area contributed by atoms with E-state index in [4.69, 9.17) is 16.0 Å². The van der Waals surface area contributed by atoms with Crippen LogP contribution in [0.4, 0.5) is 0 Å². The summed E-state index contributed by atoms with van der Waals surface area (Å²) in [6, 6.07) is 10.7. The Kier molecular flexibility index (Phi) is 8.29. The summed E-state index contributed by atoms with van der Waals surface area (Å²) in [5.74, 6) is 4.39. The topological polar surface area (TPSA) is 80.2 Å². The molecule has 0 bridgehead atoms. The van der Waals surface area contributed by atoms with Crippen LogP contribution in [-0.2, 0) is 19.8 Å². The van der Waals surface area contributed by atoms with Crippen molar-refractivity contribution in [3.05, 3.63) is 47.5 Å². The zero-order valence-electron chi connectivity index (χ0n) is 27.3. The summed E-state index contributed by atoms with van der Waals surface area (Å²) < 4.78 is 6.04. The number of hydrogen-bond donors (Lipinski definition) is 2. The van der Waals surface area contributed by atoms with Crippen molar-refractivity contribution in [3.8, 4) is 12.3 Å². The van der Waals surface area contributed by atoms with Crippen LogP contribution in [-0.4, -0.2) is 47.7 Å². The molecule has 1 aliphatic heterocycles. The lowest BCUT2D eigenvalue weighted by Gasteiger charge is -2.58. The first kappa shape index (κ1) is 31.4. The highest BCUT2D eigenvalue weighted by molar-refractivity contribution is 5.96. The first-order valence-corrected chi connectivity index (χ1v) is 17.0. The van der Waals surface area contributed by atoms with Gasteiger partial charge in [-0.05, 0) is 119 Å². The summed E-state index contributed by atoms with van der Waals surface area (Å²) in [6.07, 6.45) is 18.9. The van der Waals surface area contributed by atoms with Crippen LogP contribution in [0.2, 0.25) is 0 Å². The molecular weight excluding hydrogens is 548 g/mol. The van der Waals surface area contributed by atoms with Gasteiger partial charge in [0, 0.05) is 24.0 Å². The predicted octanol–water partition coefficient (Wildman–Crippen LogP) is 6.72. The minimum atomic E-state index is -0.958. The molecule has 238 valence electrons. The van der Waals surface area contributed by atoms with E-state index in [0.29, 0.717) is 24.3 Å². The van der Waals surface area contributed by atoms with E-state index >= 15 is 0 Å². The molecule has 4 aliphatic carbocycles. The molecule has 1 amide bonds. The Morgan fingerprint density at radius 3 is 2.59 bits per heavy atom. The maximum absolute atomic E-state index is 12.7. The second-order valence-electron chi connectivity index (χ2n) is 15.6. The number of aliphatic hydroxyl groups is 1. The highest BCUT2D eigenvalue weighted by Gasteiger charge is 2.63. The highest BCUT2D eigenvalue weighted by atomic mass is 16.6. The fourth-order valence-corrected chi connectivity index (χ4v) is 10.4. The Morgan fingerprint density at radius 2 is 1.84 bits per heavy atom. The number of rotatable bonds is 7. The average Bonchev–Trinajstić information content (AvgIpc) is 3.28. The van der Waals surface area contributed by atoms with Crippen LogP contribution in [0.25, 0.3) is 0 Å². The first-order valence-electron chi connectivity index (χ1n) is 17.0. The number of carbonyl (C=O) groups is 1. The van der Waals surface area contributed by atoms with Crippen LogP contribution < -0.4 is 5.32 Å². The van der Waals surface area contributed by atoms with Crippen LogP contribution in [0.3, 0.4) is 0 Å². The van der Waals surface area contributed by atoms with Crippen LogP contribution in [0.15, 0.2) is 47.1 Å². The lowest BCUT2D eigenvalue weighted by atomic mass is 9.46. The van der Waals surface area contributed by atoms with E-state index in [1.807, 2.05) is 0 Å². The monoisotopic (exact) mass is 600 g/mol. The predicted molar refractivity (Wildman–Crippen MR) is 174 cm³/mol. The Balaban J connectivity index is 1.03. The Hall–Kier alpha value is -2.62. The standard InChI is InChI=1S/C38H52N2O4/c1-6-38(42)19-16-32-30-13-12-28-24-29(14-17-35(28,4)31(30)15-18-36(32,38)5)40-44-25-33(41)39-22-20-37(27-10-8-7-9-11-27)21-23-43-34(2,3)26-37/h1,7-11,24,30-32,42H,12-23,25-26H2,2-5H3,(H,39,41)/t30-,31+,32-,35+,36-,37+,38+/m1/s1. The van der Waals surface area contributed by atoms with E-state index in [0.717, 1.165) is 82.9 Å². The minimum absolute atomic E-state index is 0.0193. The Morgan fingerprint density at radius 1 is 1.07 bits per heavy atom. The molecule has 0 radical (unpaired) electrons. The van der Waals surface area contributed by atoms with E-state index in [9.17, 15) is 9.90 Å². The number of amides is 1. The smallest absolute Gasteiger partial charge is 0.260 e. The maximum atomic E-state index is 12.7. The van der Waals surface area contributed by atoms with Gasteiger partial charge in [0.2, 0.25) is 0 Å². The van der Waals surface area contributed by atoms with Gasteiger partial charge < -0.3 is 20.0 Å². The largest absolute Gasteiger partial charge is 0.385 e. The summed E-state index contributed by atoms with van der Waals surface area (Å²) in [5.41, 5.74) is 2.57. The number of fused-ring (bicyclic) bond motifs is 5. The molecule has 44 heavy (non-hydrogen) atoms. The van der Waals surface area contributed by atoms with E-state index in [-0.39, 0.29) is 34.4 Å². The molecule has 7 atom stereocenters. The van der Waals surface area contributed by atoms with Crippen molar-refractivity contribution in [2.24, 2.45) is 33.7 Å². The number of ether oxygens (including phenoxy) is 1. The molecule has 6 heteroatoms. The molecule has 3 saturated carbocycles. The Labute approximate surface area is 264 Å². The molecule has 4 fully saturated rings. The summed E-state index contributed by atoms with van der Waals surface area (Å²) in [4.78, 5) is 18.3. The Bertz CT molecular complexity index is 1350. The van der Waals surface area contributed by atoms with E-state index < -0.39 is 5.60 Å². The first-order chi connectivity index (χ1) is 20.9.